The highest BCUT2D eigenvalue weighted by Crippen LogP contribution is 2.54. The fourth-order valence-corrected chi connectivity index (χ4v) is 5.91. The number of nitrogens with two attached hydrogens (primary N) is 1. The Morgan fingerprint density at radius 3 is 2.37 bits per heavy atom. The number of benzene rings is 3. The zero-order chi connectivity index (χ0) is 27.1. The molecular weight excluding hydrogens is 492 g/mol. The molecule has 38 heavy (non-hydrogen) atoms. The maximum atomic E-state index is 15.4. The topological polar surface area (TPSA) is 125 Å². The molecule has 0 radical (unpaired) electrons. The third-order valence-corrected chi connectivity index (χ3v) is 7.76. The predicted molar refractivity (Wildman–Crippen MR) is 139 cm³/mol. The number of hydrogen-bond acceptors (Lipinski definition) is 6. The fraction of sp³-hybridized carbons (Fsp3) is 0.276. The van der Waals surface area contributed by atoms with Crippen LogP contribution in [0, 0.1) is 11.6 Å². The number of carbonyl (C=O) groups excluding carboxylic acids is 1. The minimum absolute atomic E-state index is 0.0722. The van der Waals surface area contributed by atoms with Crippen LogP contribution >= 0.6 is 0 Å². The van der Waals surface area contributed by atoms with Gasteiger partial charge in [0, 0.05) is 17.3 Å². The number of carboxylic acid groups (broad SMARTS) is 1. The van der Waals surface area contributed by atoms with Gasteiger partial charge in [-0.3, -0.25) is 9.79 Å². The number of aliphatic carboxylic acids is 1. The van der Waals surface area contributed by atoms with E-state index < -0.39 is 46.5 Å². The third kappa shape index (κ3) is 3.99. The molecule has 0 saturated carbocycles. The fourth-order valence-electron chi connectivity index (χ4n) is 5.91. The molecule has 1 fully saturated rings. The van der Waals surface area contributed by atoms with Gasteiger partial charge < -0.3 is 26.1 Å². The summed E-state index contributed by atoms with van der Waals surface area (Å²) < 4.78 is 30.8. The Labute approximate surface area is 218 Å². The van der Waals surface area contributed by atoms with Crippen LogP contribution in [0.1, 0.15) is 36.0 Å². The van der Waals surface area contributed by atoms with Gasteiger partial charge in [-0.05, 0) is 67.2 Å². The van der Waals surface area contributed by atoms with Crippen LogP contribution in [-0.2, 0) is 20.4 Å². The molecule has 0 bridgehead atoms. The molecule has 5 rings (SSSR count). The maximum Gasteiger partial charge on any atom is 0.320 e. The highest BCUT2D eigenvalue weighted by molar-refractivity contribution is 5.98. The second kappa shape index (κ2) is 9.74. The summed E-state index contributed by atoms with van der Waals surface area (Å²) in [5.41, 5.74) is 5.18. The van der Waals surface area contributed by atoms with E-state index in [-0.39, 0.29) is 17.0 Å². The lowest BCUT2D eigenvalue weighted by Crippen LogP contribution is -2.42. The number of carbonyl (C=O) groups is 2. The summed E-state index contributed by atoms with van der Waals surface area (Å²) in [6.45, 7) is 1.28. The van der Waals surface area contributed by atoms with E-state index in [0.717, 1.165) is 24.0 Å². The smallest absolute Gasteiger partial charge is 0.320 e. The van der Waals surface area contributed by atoms with E-state index in [0.29, 0.717) is 37.1 Å². The van der Waals surface area contributed by atoms with Crippen molar-refractivity contribution in [2.45, 2.75) is 36.1 Å². The molecule has 5 N–H and O–H groups in total. The molecular formula is C29H27F2N3O4. The van der Waals surface area contributed by atoms with Gasteiger partial charge in [0.1, 0.15) is 35.4 Å². The third-order valence-electron chi connectivity index (χ3n) is 7.76. The second-order valence-corrected chi connectivity index (χ2v) is 9.90. The van der Waals surface area contributed by atoms with Crippen LogP contribution in [-0.4, -0.2) is 47.8 Å². The average Bonchev–Trinajstić information content (AvgIpc) is 3.29. The average molecular weight is 520 g/mol. The predicted octanol–water partition coefficient (Wildman–Crippen LogP) is 3.96. The van der Waals surface area contributed by atoms with Gasteiger partial charge in [0.2, 0.25) is 0 Å². The molecule has 2 heterocycles. The molecule has 0 amide bonds. The molecule has 0 aliphatic carbocycles. The Morgan fingerprint density at radius 2 is 1.71 bits per heavy atom. The molecule has 2 aliphatic heterocycles. The van der Waals surface area contributed by atoms with Gasteiger partial charge in [0.15, 0.2) is 0 Å². The molecule has 2 aliphatic rings. The van der Waals surface area contributed by atoms with Crippen LogP contribution in [0.3, 0.4) is 0 Å². The van der Waals surface area contributed by atoms with Crippen molar-refractivity contribution >= 4 is 24.2 Å². The van der Waals surface area contributed by atoms with E-state index >= 15 is 8.78 Å². The summed E-state index contributed by atoms with van der Waals surface area (Å²) in [6.07, 6.45) is 2.92. The maximum absolute atomic E-state index is 15.4. The molecule has 0 spiro atoms. The molecule has 2 atom stereocenters. The number of nitrogens with zero attached hydrogens (tertiary/aromatic N) is 1. The molecule has 1 saturated heterocycles. The largest absolute Gasteiger partial charge is 0.506 e. The second-order valence-electron chi connectivity index (χ2n) is 9.90. The first-order chi connectivity index (χ1) is 18.2. The number of fused-ring (bicyclic) bond motifs is 1. The first-order valence-corrected chi connectivity index (χ1v) is 12.4. The van der Waals surface area contributed by atoms with Crippen molar-refractivity contribution in [2.24, 2.45) is 10.7 Å². The molecule has 3 aromatic rings. The van der Waals surface area contributed by atoms with Crippen LogP contribution in [0.4, 0.5) is 14.5 Å². The minimum atomic E-state index is -1.74. The normalized spacial score (nSPS) is 20.6. The number of piperidine rings is 1. The Morgan fingerprint density at radius 1 is 1.03 bits per heavy atom. The lowest BCUT2D eigenvalue weighted by atomic mass is 9.67. The number of phenolic OH excluding ortho intramolecular Hbond substituents is 1. The summed E-state index contributed by atoms with van der Waals surface area (Å²) in [5.74, 6) is -3.37. The van der Waals surface area contributed by atoms with Gasteiger partial charge in [0.05, 0.1) is 10.8 Å². The zero-order valence-electron chi connectivity index (χ0n) is 20.5. The van der Waals surface area contributed by atoms with E-state index in [4.69, 9.17) is 5.73 Å². The summed E-state index contributed by atoms with van der Waals surface area (Å²) in [6, 6.07) is 12.2. The summed E-state index contributed by atoms with van der Waals surface area (Å²) >= 11 is 0. The van der Waals surface area contributed by atoms with E-state index in [9.17, 15) is 19.8 Å². The van der Waals surface area contributed by atoms with Crippen LogP contribution in [0.25, 0.3) is 11.1 Å². The molecule has 7 nitrogen and oxygen atoms in total. The minimum Gasteiger partial charge on any atom is -0.506 e. The Hall–Kier alpha value is -3.95. The van der Waals surface area contributed by atoms with E-state index in [2.05, 4.69) is 10.3 Å². The Balaban J connectivity index is 1.84. The highest BCUT2D eigenvalue weighted by Gasteiger charge is 2.47. The number of halogens is 2. The van der Waals surface area contributed by atoms with Gasteiger partial charge in [-0.25, -0.2) is 8.78 Å². The number of aldehydes is 1. The first kappa shape index (κ1) is 25.7. The molecule has 0 aromatic heterocycles. The lowest BCUT2D eigenvalue weighted by molar-refractivity contribution is -0.138. The number of carboxylic acids is 1. The van der Waals surface area contributed by atoms with Crippen LogP contribution in [0.5, 0.6) is 5.75 Å². The highest BCUT2D eigenvalue weighted by atomic mass is 19.1. The molecule has 9 heteroatoms. The first-order valence-electron chi connectivity index (χ1n) is 12.4. The summed E-state index contributed by atoms with van der Waals surface area (Å²) in [7, 11) is 0. The van der Waals surface area contributed by atoms with Gasteiger partial charge in [-0.2, -0.15) is 0 Å². The van der Waals surface area contributed by atoms with Gasteiger partial charge in [-0.1, -0.05) is 36.4 Å². The number of phenols is 1. The number of nitrogens with one attached hydrogen (secondary N) is 1. The van der Waals surface area contributed by atoms with E-state index in [1.807, 2.05) is 18.2 Å². The lowest BCUT2D eigenvalue weighted by Gasteiger charge is -2.36. The van der Waals surface area contributed by atoms with E-state index in [1.165, 1.54) is 18.3 Å². The van der Waals surface area contributed by atoms with Crippen LogP contribution < -0.4 is 11.1 Å². The van der Waals surface area contributed by atoms with Gasteiger partial charge in [0.25, 0.3) is 0 Å². The van der Waals surface area contributed by atoms with Crippen LogP contribution in [0.2, 0.25) is 0 Å². The molecule has 3 aromatic carbocycles. The van der Waals surface area contributed by atoms with Crippen molar-refractivity contribution in [3.8, 4) is 16.9 Å². The Kier molecular flexibility index (Phi) is 6.58. The van der Waals surface area contributed by atoms with Crippen LogP contribution in [0.15, 0.2) is 59.6 Å². The summed E-state index contributed by atoms with van der Waals surface area (Å²) in [5, 5.41) is 23.7. The quantitative estimate of drug-likeness (QED) is 0.350. The van der Waals surface area contributed by atoms with Gasteiger partial charge >= 0.3 is 5.97 Å². The van der Waals surface area contributed by atoms with Crippen molar-refractivity contribution in [2.75, 3.05) is 13.1 Å². The number of aliphatic imine (C=N–C) groups is 1. The molecule has 196 valence electrons. The zero-order valence-corrected chi connectivity index (χ0v) is 20.5. The van der Waals surface area contributed by atoms with E-state index in [1.54, 1.807) is 12.1 Å². The van der Waals surface area contributed by atoms with Crippen molar-refractivity contribution < 1.29 is 28.6 Å². The summed E-state index contributed by atoms with van der Waals surface area (Å²) in [4.78, 5) is 28.7. The van der Waals surface area contributed by atoms with Crippen molar-refractivity contribution in [1.82, 2.24) is 5.32 Å². The number of hydrogen-bond donors (Lipinski definition) is 4. The number of aromatic hydroxyl groups is 1. The standard InChI is InChI=1S/C29H27F2N3O4/c30-20-6-3-7-21(31)25(20)29(14-22(32)27(37)38)15-34-26-23(36)9-8-18(24(26)29)17-4-1-2-5-19(17)28(16-35)10-12-33-13-11-28/h1-9,15-16,22,33,36H,10-14,32H2,(H,37,38)/t22-,29-/m0/s1. The van der Waals surface area contributed by atoms with Crippen molar-refractivity contribution in [3.63, 3.8) is 0 Å². The monoisotopic (exact) mass is 519 g/mol. The Bertz CT molecular complexity index is 1430. The van der Waals surface area contributed by atoms with Crippen molar-refractivity contribution in [1.29, 1.82) is 0 Å². The molecule has 0 unspecified atom stereocenters. The SMILES string of the molecule is N[C@@H](C[C@]1(c2c(F)cccc2F)C=Nc2c(O)ccc(-c3ccccc3C3(C=O)CCNCC3)c21)C(=O)O. The number of rotatable bonds is 7. The van der Waals surface area contributed by atoms with Gasteiger partial charge in [-0.15, -0.1) is 0 Å². The van der Waals surface area contributed by atoms with Crippen molar-refractivity contribution in [3.05, 3.63) is 82.9 Å².